The van der Waals surface area contributed by atoms with Crippen LogP contribution in [0.5, 0.6) is 11.5 Å². The number of aliphatic hydroxyl groups excluding tert-OH is 1. The third-order valence-electron chi connectivity index (χ3n) is 3.36. The van der Waals surface area contributed by atoms with Gasteiger partial charge in [-0.15, -0.1) is 12.4 Å². The summed E-state index contributed by atoms with van der Waals surface area (Å²) in [5.74, 6) is 1.19. The minimum absolute atomic E-state index is 0. The van der Waals surface area contributed by atoms with Gasteiger partial charge in [-0.25, -0.2) is 0 Å². The molecule has 0 fully saturated rings. The molecule has 0 aliphatic heterocycles. The lowest BCUT2D eigenvalue weighted by molar-refractivity contribution is 0.191. The minimum atomic E-state index is -0.389. The second-order valence-electron chi connectivity index (χ2n) is 5.59. The zero-order chi connectivity index (χ0) is 17.4. The summed E-state index contributed by atoms with van der Waals surface area (Å²) >= 11 is 6.40. The van der Waals surface area contributed by atoms with Crippen molar-refractivity contribution in [1.82, 2.24) is 5.32 Å². The van der Waals surface area contributed by atoms with Gasteiger partial charge in [0.05, 0.1) is 17.7 Å². The summed E-state index contributed by atoms with van der Waals surface area (Å²) < 4.78 is 11.6. The van der Waals surface area contributed by atoms with Gasteiger partial charge in [-0.3, -0.25) is 0 Å². The average Bonchev–Trinajstić information content (AvgIpc) is 2.55. The fraction of sp³-hybridized carbons (Fsp3) is 0.368. The molecule has 1 unspecified atom stereocenters. The number of halogens is 2. The molecule has 0 aliphatic carbocycles. The van der Waals surface area contributed by atoms with E-state index in [2.05, 4.69) is 5.32 Å². The topological polar surface area (TPSA) is 50.7 Å². The first-order valence-corrected chi connectivity index (χ1v) is 8.48. The monoisotopic (exact) mass is 385 g/mol. The van der Waals surface area contributed by atoms with Crippen molar-refractivity contribution in [2.75, 3.05) is 13.2 Å². The van der Waals surface area contributed by atoms with Crippen LogP contribution in [0.1, 0.15) is 25.0 Å². The van der Waals surface area contributed by atoms with Crippen LogP contribution in [-0.2, 0) is 13.2 Å². The molecule has 138 valence electrons. The summed E-state index contributed by atoms with van der Waals surface area (Å²) in [4.78, 5) is 0. The van der Waals surface area contributed by atoms with E-state index in [1.165, 1.54) is 0 Å². The number of nitrogens with one attached hydrogen (secondary N) is 1. The van der Waals surface area contributed by atoms with Crippen LogP contribution in [-0.4, -0.2) is 24.4 Å². The number of benzene rings is 2. The lowest BCUT2D eigenvalue weighted by Crippen LogP contribution is -2.23. The minimum Gasteiger partial charge on any atom is -0.490 e. The van der Waals surface area contributed by atoms with Crippen molar-refractivity contribution < 1.29 is 14.6 Å². The predicted molar refractivity (Wildman–Crippen MR) is 104 cm³/mol. The quantitative estimate of drug-likeness (QED) is 0.678. The van der Waals surface area contributed by atoms with E-state index < -0.39 is 0 Å². The molecule has 25 heavy (non-hydrogen) atoms. The highest BCUT2D eigenvalue weighted by Crippen LogP contribution is 2.37. The molecule has 6 heteroatoms. The van der Waals surface area contributed by atoms with E-state index in [0.29, 0.717) is 42.8 Å². The maximum Gasteiger partial charge on any atom is 0.180 e. The highest BCUT2D eigenvalue weighted by atomic mass is 35.5. The van der Waals surface area contributed by atoms with Gasteiger partial charge in [0, 0.05) is 13.1 Å². The summed E-state index contributed by atoms with van der Waals surface area (Å²) in [5, 5.41) is 13.0. The van der Waals surface area contributed by atoms with Gasteiger partial charge in [-0.05, 0) is 37.1 Å². The average molecular weight is 386 g/mol. The summed E-state index contributed by atoms with van der Waals surface area (Å²) in [7, 11) is 0. The molecule has 0 spiro atoms. The van der Waals surface area contributed by atoms with Crippen LogP contribution in [0, 0.1) is 0 Å². The smallest absolute Gasteiger partial charge is 0.180 e. The highest BCUT2D eigenvalue weighted by Gasteiger charge is 2.13. The van der Waals surface area contributed by atoms with Crippen molar-refractivity contribution >= 4 is 24.0 Å². The summed E-state index contributed by atoms with van der Waals surface area (Å²) in [6.07, 6.45) is -0.389. The zero-order valence-corrected chi connectivity index (χ0v) is 16.1. The number of rotatable bonds is 9. The van der Waals surface area contributed by atoms with Crippen LogP contribution in [0.4, 0.5) is 0 Å². The van der Waals surface area contributed by atoms with Gasteiger partial charge in [0.15, 0.2) is 11.5 Å². The van der Waals surface area contributed by atoms with E-state index in [-0.39, 0.29) is 18.5 Å². The number of aliphatic hydroxyl groups is 1. The molecule has 0 amide bonds. The van der Waals surface area contributed by atoms with Crippen LogP contribution in [0.2, 0.25) is 5.02 Å². The molecule has 0 saturated heterocycles. The van der Waals surface area contributed by atoms with E-state index >= 15 is 0 Å². The van der Waals surface area contributed by atoms with Gasteiger partial charge >= 0.3 is 0 Å². The van der Waals surface area contributed by atoms with Gasteiger partial charge in [0.2, 0.25) is 0 Å². The first-order chi connectivity index (χ1) is 11.6. The molecule has 2 N–H and O–H groups in total. The zero-order valence-electron chi connectivity index (χ0n) is 14.5. The van der Waals surface area contributed by atoms with Crippen molar-refractivity contribution in [3.8, 4) is 11.5 Å². The summed E-state index contributed by atoms with van der Waals surface area (Å²) in [5.41, 5.74) is 2.05. The Labute approximate surface area is 160 Å². The molecule has 2 aromatic rings. The molecule has 0 aromatic heterocycles. The van der Waals surface area contributed by atoms with Gasteiger partial charge in [-0.2, -0.15) is 0 Å². The third kappa shape index (κ3) is 7.12. The Balaban J connectivity index is 0.00000312. The second kappa shape index (κ2) is 11.2. The molecular weight excluding hydrogens is 361 g/mol. The van der Waals surface area contributed by atoms with Gasteiger partial charge < -0.3 is 19.9 Å². The van der Waals surface area contributed by atoms with E-state index in [0.717, 1.165) is 11.1 Å². The van der Waals surface area contributed by atoms with Crippen molar-refractivity contribution in [2.24, 2.45) is 0 Å². The third-order valence-corrected chi connectivity index (χ3v) is 3.64. The van der Waals surface area contributed by atoms with Gasteiger partial charge in [-0.1, -0.05) is 41.9 Å². The highest BCUT2D eigenvalue weighted by molar-refractivity contribution is 6.32. The Hall–Kier alpha value is -1.46. The molecular formula is C19H25Cl2NO3. The Morgan fingerprint density at radius 3 is 2.48 bits per heavy atom. The molecule has 0 radical (unpaired) electrons. The van der Waals surface area contributed by atoms with Crippen LogP contribution in [0.15, 0.2) is 42.5 Å². The predicted octanol–water partition coefficient (Wildman–Crippen LogP) is 4.21. The lowest BCUT2D eigenvalue weighted by Gasteiger charge is -2.16. The molecule has 0 heterocycles. The first kappa shape index (κ1) is 21.6. The van der Waals surface area contributed by atoms with Crippen molar-refractivity contribution in [2.45, 2.75) is 33.1 Å². The largest absolute Gasteiger partial charge is 0.490 e. The van der Waals surface area contributed by atoms with Crippen LogP contribution in [0.25, 0.3) is 0 Å². The van der Waals surface area contributed by atoms with Crippen molar-refractivity contribution in [3.05, 3.63) is 58.6 Å². The van der Waals surface area contributed by atoms with Crippen molar-refractivity contribution in [1.29, 1.82) is 0 Å². The van der Waals surface area contributed by atoms with Gasteiger partial charge in [0.1, 0.15) is 6.61 Å². The lowest BCUT2D eigenvalue weighted by atomic mass is 10.2. The molecule has 0 saturated carbocycles. The van der Waals surface area contributed by atoms with Crippen LogP contribution in [0.3, 0.4) is 0 Å². The Morgan fingerprint density at radius 2 is 1.84 bits per heavy atom. The second-order valence-corrected chi connectivity index (χ2v) is 6.00. The molecule has 0 bridgehead atoms. The number of hydrogen-bond donors (Lipinski definition) is 2. The Bertz CT molecular complexity index is 636. The van der Waals surface area contributed by atoms with E-state index in [9.17, 15) is 5.11 Å². The molecule has 2 rings (SSSR count). The molecule has 4 nitrogen and oxygen atoms in total. The number of hydrogen-bond acceptors (Lipinski definition) is 4. The SMILES string of the molecule is CCOc1cc(CNCC(C)O)cc(Cl)c1OCc1ccccc1.Cl. The summed E-state index contributed by atoms with van der Waals surface area (Å²) in [6, 6.07) is 13.7. The fourth-order valence-electron chi connectivity index (χ4n) is 2.28. The summed E-state index contributed by atoms with van der Waals surface area (Å²) in [6.45, 7) is 5.75. The molecule has 0 aliphatic rings. The Kier molecular flexibility index (Phi) is 9.68. The van der Waals surface area contributed by atoms with E-state index in [4.69, 9.17) is 21.1 Å². The molecule has 1 atom stereocenters. The fourth-order valence-corrected chi connectivity index (χ4v) is 2.57. The van der Waals surface area contributed by atoms with Crippen molar-refractivity contribution in [3.63, 3.8) is 0 Å². The maximum atomic E-state index is 9.31. The standard InChI is InChI=1S/C19H24ClNO3.ClH/c1-3-23-18-10-16(12-21-11-14(2)22)9-17(20)19(18)24-13-15-7-5-4-6-8-15;/h4-10,14,21-22H,3,11-13H2,1-2H3;1H. The normalized spacial score (nSPS) is 11.5. The van der Waals surface area contributed by atoms with Crippen LogP contribution >= 0.6 is 24.0 Å². The Morgan fingerprint density at radius 1 is 1.12 bits per heavy atom. The number of ether oxygens (including phenoxy) is 2. The maximum absolute atomic E-state index is 9.31. The molecule has 2 aromatic carbocycles. The first-order valence-electron chi connectivity index (χ1n) is 8.11. The van der Waals surface area contributed by atoms with E-state index in [1.54, 1.807) is 6.92 Å². The van der Waals surface area contributed by atoms with Crippen LogP contribution < -0.4 is 14.8 Å². The van der Waals surface area contributed by atoms with E-state index in [1.807, 2.05) is 49.4 Å². The van der Waals surface area contributed by atoms with Gasteiger partial charge in [0.25, 0.3) is 0 Å².